The molecule has 2 aromatic carbocycles. The number of para-hydroxylation sites is 4. The minimum absolute atomic E-state index is 0.621. The number of hydrogen-bond acceptors (Lipinski definition) is 4. The SMILES string of the molecule is C1=Nc2ccccc2N2c3ccccc3N=CC23N=CC=C13. The normalized spacial score (nSPS) is 23.3. The first-order valence-corrected chi connectivity index (χ1v) is 7.22. The summed E-state index contributed by atoms with van der Waals surface area (Å²) in [6.07, 6.45) is 7.65. The van der Waals surface area contributed by atoms with Gasteiger partial charge in [0.1, 0.15) is 0 Å². The smallest absolute Gasteiger partial charge is 0.200 e. The van der Waals surface area contributed by atoms with Crippen molar-refractivity contribution in [3.8, 4) is 0 Å². The van der Waals surface area contributed by atoms with Crippen LogP contribution in [0.15, 0.2) is 75.2 Å². The molecule has 0 saturated carbocycles. The number of allylic oxidation sites excluding steroid dienone is 1. The molecule has 3 aliphatic heterocycles. The lowest BCUT2D eigenvalue weighted by molar-refractivity contribution is 0.715. The lowest BCUT2D eigenvalue weighted by Crippen LogP contribution is -2.48. The van der Waals surface area contributed by atoms with Crippen molar-refractivity contribution in [3.63, 3.8) is 0 Å². The van der Waals surface area contributed by atoms with E-state index >= 15 is 0 Å². The summed E-state index contributed by atoms with van der Waals surface area (Å²) in [6, 6.07) is 16.3. The van der Waals surface area contributed by atoms with Crippen LogP contribution >= 0.6 is 0 Å². The summed E-state index contributed by atoms with van der Waals surface area (Å²) in [5.74, 6) is 0. The summed E-state index contributed by atoms with van der Waals surface area (Å²) in [5.41, 5.74) is 4.39. The molecule has 1 atom stereocenters. The van der Waals surface area contributed by atoms with Gasteiger partial charge in [-0.3, -0.25) is 15.0 Å². The van der Waals surface area contributed by atoms with Crippen molar-refractivity contribution in [2.75, 3.05) is 4.90 Å². The van der Waals surface area contributed by atoms with Crippen LogP contribution in [0.2, 0.25) is 0 Å². The van der Waals surface area contributed by atoms with Gasteiger partial charge in [-0.1, -0.05) is 24.3 Å². The van der Waals surface area contributed by atoms with Gasteiger partial charge in [-0.05, 0) is 30.3 Å². The molecule has 0 aromatic heterocycles. The third-order valence-electron chi connectivity index (χ3n) is 4.26. The molecular weight excluding hydrogens is 272 g/mol. The van der Waals surface area contributed by atoms with Crippen LogP contribution in [0.25, 0.3) is 0 Å². The summed E-state index contributed by atoms with van der Waals surface area (Å²) >= 11 is 0. The number of fused-ring (bicyclic) bond motifs is 4. The quantitative estimate of drug-likeness (QED) is 0.721. The van der Waals surface area contributed by atoms with Gasteiger partial charge in [-0.25, -0.2) is 0 Å². The minimum atomic E-state index is -0.621. The van der Waals surface area contributed by atoms with Crippen molar-refractivity contribution in [3.05, 3.63) is 60.2 Å². The van der Waals surface area contributed by atoms with Gasteiger partial charge in [-0.15, -0.1) is 0 Å². The standard InChI is InChI=1S/C18H12N4/c1-3-7-16-14(5-1)19-11-13-9-10-21-18(13)12-20-15-6-2-4-8-17(15)22(16)18/h1-12H. The predicted molar refractivity (Wildman–Crippen MR) is 90.6 cm³/mol. The molecule has 3 aliphatic rings. The fourth-order valence-corrected chi connectivity index (χ4v) is 3.24. The molecule has 5 rings (SSSR count). The summed E-state index contributed by atoms with van der Waals surface area (Å²) in [4.78, 5) is 16.3. The molecule has 0 N–H and O–H groups in total. The Morgan fingerprint density at radius 2 is 1.50 bits per heavy atom. The van der Waals surface area contributed by atoms with Crippen molar-refractivity contribution in [2.24, 2.45) is 15.0 Å². The Balaban J connectivity index is 1.89. The van der Waals surface area contributed by atoms with E-state index in [2.05, 4.69) is 27.0 Å². The zero-order valence-electron chi connectivity index (χ0n) is 11.7. The maximum atomic E-state index is 4.74. The highest BCUT2D eigenvalue weighted by molar-refractivity contribution is 6.09. The van der Waals surface area contributed by atoms with E-state index in [9.17, 15) is 0 Å². The highest BCUT2D eigenvalue weighted by atomic mass is 15.3. The zero-order valence-corrected chi connectivity index (χ0v) is 11.7. The molecule has 3 heterocycles. The molecule has 4 nitrogen and oxygen atoms in total. The second-order valence-electron chi connectivity index (χ2n) is 5.46. The van der Waals surface area contributed by atoms with E-state index in [1.807, 2.05) is 61.1 Å². The first-order chi connectivity index (χ1) is 10.9. The number of hydrogen-bond donors (Lipinski definition) is 0. The van der Waals surface area contributed by atoms with E-state index < -0.39 is 5.66 Å². The van der Waals surface area contributed by atoms with E-state index in [0.29, 0.717) is 0 Å². The van der Waals surface area contributed by atoms with Crippen LogP contribution in [0, 0.1) is 0 Å². The van der Waals surface area contributed by atoms with Gasteiger partial charge < -0.3 is 4.90 Å². The number of nitrogens with zero attached hydrogens (tertiary/aromatic N) is 4. The fourth-order valence-electron chi connectivity index (χ4n) is 3.24. The second kappa shape index (κ2) is 4.01. The average molecular weight is 284 g/mol. The van der Waals surface area contributed by atoms with E-state index in [0.717, 1.165) is 28.3 Å². The lowest BCUT2D eigenvalue weighted by atomic mass is 9.97. The number of anilines is 2. The molecule has 2 aromatic rings. The van der Waals surface area contributed by atoms with Crippen LogP contribution in [0.3, 0.4) is 0 Å². The van der Waals surface area contributed by atoms with Crippen molar-refractivity contribution in [1.82, 2.24) is 0 Å². The molecule has 0 amide bonds. The molecule has 0 bridgehead atoms. The van der Waals surface area contributed by atoms with Gasteiger partial charge in [0, 0.05) is 18.0 Å². The Morgan fingerprint density at radius 3 is 2.27 bits per heavy atom. The van der Waals surface area contributed by atoms with Crippen molar-refractivity contribution in [2.45, 2.75) is 5.66 Å². The van der Waals surface area contributed by atoms with Gasteiger partial charge >= 0.3 is 0 Å². The van der Waals surface area contributed by atoms with Gasteiger partial charge in [0.05, 0.1) is 29.0 Å². The van der Waals surface area contributed by atoms with Crippen LogP contribution in [0.4, 0.5) is 22.7 Å². The van der Waals surface area contributed by atoms with Crippen molar-refractivity contribution >= 4 is 41.4 Å². The van der Waals surface area contributed by atoms with Gasteiger partial charge in [0.25, 0.3) is 0 Å². The van der Waals surface area contributed by atoms with E-state index in [1.54, 1.807) is 0 Å². The van der Waals surface area contributed by atoms with Crippen LogP contribution in [0.5, 0.6) is 0 Å². The molecular formula is C18H12N4. The monoisotopic (exact) mass is 284 g/mol. The summed E-state index contributed by atoms with van der Waals surface area (Å²) < 4.78 is 0. The van der Waals surface area contributed by atoms with Gasteiger partial charge in [0.15, 0.2) is 5.66 Å². The molecule has 1 spiro atoms. The minimum Gasteiger partial charge on any atom is -0.304 e. The summed E-state index contributed by atoms with van der Waals surface area (Å²) in [6.45, 7) is 0. The van der Waals surface area contributed by atoms with Gasteiger partial charge in [0.2, 0.25) is 0 Å². The topological polar surface area (TPSA) is 40.3 Å². The van der Waals surface area contributed by atoms with Crippen molar-refractivity contribution in [1.29, 1.82) is 0 Å². The predicted octanol–water partition coefficient (Wildman–Crippen LogP) is 3.96. The number of rotatable bonds is 0. The number of benzene rings is 2. The summed E-state index contributed by atoms with van der Waals surface area (Å²) in [7, 11) is 0. The van der Waals surface area contributed by atoms with Crippen LogP contribution in [-0.2, 0) is 0 Å². The Morgan fingerprint density at radius 1 is 0.818 bits per heavy atom. The lowest BCUT2D eigenvalue weighted by Gasteiger charge is -2.41. The highest BCUT2D eigenvalue weighted by Crippen LogP contribution is 2.49. The average Bonchev–Trinajstić information content (AvgIpc) is 2.90. The van der Waals surface area contributed by atoms with E-state index in [4.69, 9.17) is 4.99 Å². The largest absolute Gasteiger partial charge is 0.304 e. The third-order valence-corrected chi connectivity index (χ3v) is 4.26. The van der Waals surface area contributed by atoms with Crippen LogP contribution in [0.1, 0.15) is 0 Å². The third kappa shape index (κ3) is 1.34. The Hall–Kier alpha value is -3.01. The molecule has 1 unspecified atom stereocenters. The molecule has 104 valence electrons. The first kappa shape index (κ1) is 11.6. The Kier molecular flexibility index (Phi) is 2.12. The fraction of sp³-hybridized carbons (Fsp3) is 0.0556. The van der Waals surface area contributed by atoms with Crippen LogP contribution < -0.4 is 4.90 Å². The molecule has 22 heavy (non-hydrogen) atoms. The zero-order chi connectivity index (χ0) is 14.6. The Labute approximate surface area is 127 Å². The summed E-state index contributed by atoms with van der Waals surface area (Å²) in [5, 5.41) is 0. The molecule has 0 aliphatic carbocycles. The maximum absolute atomic E-state index is 4.74. The van der Waals surface area contributed by atoms with E-state index in [-0.39, 0.29) is 0 Å². The van der Waals surface area contributed by atoms with Crippen molar-refractivity contribution < 1.29 is 0 Å². The molecule has 0 radical (unpaired) electrons. The highest BCUT2D eigenvalue weighted by Gasteiger charge is 2.45. The maximum Gasteiger partial charge on any atom is 0.200 e. The second-order valence-corrected chi connectivity index (χ2v) is 5.46. The molecule has 0 saturated heterocycles. The number of aliphatic imine (C=N–C) groups is 3. The first-order valence-electron chi connectivity index (χ1n) is 7.22. The van der Waals surface area contributed by atoms with Gasteiger partial charge in [-0.2, -0.15) is 0 Å². The molecule has 4 heteroatoms. The molecule has 0 fully saturated rings. The Bertz CT molecular complexity index is 907. The van der Waals surface area contributed by atoms with Crippen LogP contribution in [-0.4, -0.2) is 24.3 Å². The van der Waals surface area contributed by atoms with E-state index in [1.165, 1.54) is 0 Å².